The zero-order valence-electron chi connectivity index (χ0n) is 18.2. The van der Waals surface area contributed by atoms with Gasteiger partial charge in [-0.15, -0.1) is 0 Å². The van der Waals surface area contributed by atoms with E-state index in [1.54, 1.807) is 19.1 Å². The molecule has 1 saturated heterocycles. The number of likely N-dealkylation sites (tertiary alicyclic amines) is 1. The molecule has 2 heterocycles. The van der Waals surface area contributed by atoms with Crippen molar-refractivity contribution in [2.75, 3.05) is 19.7 Å². The molecule has 1 atom stereocenters. The van der Waals surface area contributed by atoms with Crippen LogP contribution in [0.1, 0.15) is 65.1 Å². The molecule has 1 aromatic heterocycles. The largest absolute Gasteiger partial charge is 0.466 e. The van der Waals surface area contributed by atoms with Crippen LogP contribution in [0.3, 0.4) is 0 Å². The summed E-state index contributed by atoms with van der Waals surface area (Å²) in [6.45, 7) is 8.97. The lowest BCUT2D eigenvalue weighted by Gasteiger charge is -2.36. The molecule has 6 heteroatoms. The summed E-state index contributed by atoms with van der Waals surface area (Å²) in [5, 5.41) is 0. The van der Waals surface area contributed by atoms with E-state index in [1.807, 2.05) is 25.7 Å². The predicted octanol–water partition coefficient (Wildman–Crippen LogP) is 4.93. The van der Waals surface area contributed by atoms with Crippen LogP contribution in [0.25, 0.3) is 0 Å². The molecule has 3 rings (SSSR count). The van der Waals surface area contributed by atoms with E-state index in [1.165, 1.54) is 12.1 Å². The van der Waals surface area contributed by atoms with Crippen LogP contribution in [0, 0.1) is 32.5 Å². The van der Waals surface area contributed by atoms with Crippen molar-refractivity contribution in [2.24, 2.45) is 5.92 Å². The Hall–Kier alpha value is -2.63. The molecular formula is C24H30FNO4. The van der Waals surface area contributed by atoms with Crippen molar-refractivity contribution in [3.63, 3.8) is 0 Å². The van der Waals surface area contributed by atoms with Gasteiger partial charge in [0.25, 0.3) is 5.91 Å². The normalized spacial score (nSPS) is 15.8. The molecule has 5 nitrogen and oxygen atoms in total. The van der Waals surface area contributed by atoms with Gasteiger partial charge in [-0.25, -0.2) is 4.39 Å². The lowest BCUT2D eigenvalue weighted by Crippen LogP contribution is -2.40. The number of carbonyl (C=O) groups is 2. The van der Waals surface area contributed by atoms with Crippen LogP contribution in [-0.2, 0) is 9.53 Å². The number of carbonyl (C=O) groups excluding carboxylic acids is 2. The minimum atomic E-state index is -0.296. The van der Waals surface area contributed by atoms with E-state index in [4.69, 9.17) is 9.15 Å². The Balaban J connectivity index is 1.72. The number of piperidine rings is 1. The first-order chi connectivity index (χ1) is 14.3. The molecule has 0 unspecified atom stereocenters. The first-order valence-electron chi connectivity index (χ1n) is 10.6. The van der Waals surface area contributed by atoms with Gasteiger partial charge in [0.15, 0.2) is 0 Å². The highest BCUT2D eigenvalue weighted by Gasteiger charge is 2.33. The fourth-order valence-corrected chi connectivity index (χ4v) is 4.44. The Bertz CT molecular complexity index is 895. The van der Waals surface area contributed by atoms with Gasteiger partial charge in [0.2, 0.25) is 0 Å². The molecule has 0 saturated carbocycles. The van der Waals surface area contributed by atoms with Gasteiger partial charge in [-0.2, -0.15) is 0 Å². The van der Waals surface area contributed by atoms with Gasteiger partial charge >= 0.3 is 5.97 Å². The average Bonchev–Trinajstić information content (AvgIpc) is 2.98. The SMILES string of the molecule is CCOC(=O)C[C@H](c1ccc(F)cc1)C1CCN(C(=O)c2c(C)oc(C)c2C)CC1. The van der Waals surface area contributed by atoms with Crippen molar-refractivity contribution in [1.29, 1.82) is 0 Å². The second-order valence-corrected chi connectivity index (χ2v) is 8.01. The van der Waals surface area contributed by atoms with E-state index in [2.05, 4.69) is 0 Å². The summed E-state index contributed by atoms with van der Waals surface area (Å²) < 4.78 is 24.2. The van der Waals surface area contributed by atoms with Crippen molar-refractivity contribution in [2.45, 2.75) is 52.9 Å². The number of benzene rings is 1. The zero-order chi connectivity index (χ0) is 21.8. The average molecular weight is 416 g/mol. The van der Waals surface area contributed by atoms with E-state index < -0.39 is 0 Å². The first kappa shape index (κ1) is 22.1. The standard InChI is InChI=1S/C24H30FNO4/c1-5-29-22(27)14-21(18-6-8-20(25)9-7-18)19-10-12-26(13-11-19)24(28)23-15(2)16(3)30-17(23)4/h6-9,19,21H,5,10-14H2,1-4H3/t21-/m1/s1. The molecule has 1 amide bonds. The summed E-state index contributed by atoms with van der Waals surface area (Å²) >= 11 is 0. The number of hydrogen-bond donors (Lipinski definition) is 0. The zero-order valence-corrected chi connectivity index (χ0v) is 18.2. The van der Waals surface area contributed by atoms with E-state index in [-0.39, 0.29) is 36.0 Å². The number of hydrogen-bond acceptors (Lipinski definition) is 4. The number of amides is 1. The minimum absolute atomic E-state index is 0.00373. The first-order valence-corrected chi connectivity index (χ1v) is 10.6. The third-order valence-corrected chi connectivity index (χ3v) is 6.16. The molecule has 1 fully saturated rings. The number of ether oxygens (including phenoxy) is 1. The third kappa shape index (κ3) is 4.74. The van der Waals surface area contributed by atoms with Crippen LogP contribution in [0.5, 0.6) is 0 Å². The second-order valence-electron chi connectivity index (χ2n) is 8.01. The third-order valence-electron chi connectivity index (χ3n) is 6.16. The van der Waals surface area contributed by atoms with Gasteiger partial charge in [-0.05, 0) is 70.1 Å². The van der Waals surface area contributed by atoms with Crippen molar-refractivity contribution in [1.82, 2.24) is 4.90 Å². The van der Waals surface area contributed by atoms with E-state index in [0.29, 0.717) is 31.0 Å². The van der Waals surface area contributed by atoms with E-state index in [0.717, 1.165) is 29.7 Å². The molecule has 162 valence electrons. The van der Waals surface area contributed by atoms with E-state index >= 15 is 0 Å². The molecule has 2 aromatic rings. The van der Waals surface area contributed by atoms with Crippen molar-refractivity contribution in [3.8, 4) is 0 Å². The number of rotatable bonds is 6. The fraction of sp³-hybridized carbons (Fsp3) is 0.500. The summed E-state index contributed by atoms with van der Waals surface area (Å²) in [5.74, 6) is 1.06. The highest BCUT2D eigenvalue weighted by atomic mass is 19.1. The number of furan rings is 1. The van der Waals surface area contributed by atoms with Gasteiger partial charge in [-0.3, -0.25) is 9.59 Å². The summed E-state index contributed by atoms with van der Waals surface area (Å²) in [6.07, 6.45) is 1.82. The smallest absolute Gasteiger partial charge is 0.306 e. The molecule has 0 radical (unpaired) electrons. The maximum absolute atomic E-state index is 13.4. The molecule has 0 bridgehead atoms. The summed E-state index contributed by atoms with van der Waals surface area (Å²) in [4.78, 5) is 27.1. The van der Waals surface area contributed by atoms with Crippen LogP contribution in [0.4, 0.5) is 4.39 Å². The Morgan fingerprint density at radius 3 is 2.30 bits per heavy atom. The molecule has 1 aliphatic heterocycles. The number of esters is 1. The summed E-state index contributed by atoms with van der Waals surface area (Å²) in [7, 11) is 0. The second kappa shape index (κ2) is 9.45. The van der Waals surface area contributed by atoms with Crippen LogP contribution in [-0.4, -0.2) is 36.5 Å². The van der Waals surface area contributed by atoms with Crippen molar-refractivity contribution >= 4 is 11.9 Å². The number of nitrogens with zero attached hydrogens (tertiary/aromatic N) is 1. The molecule has 0 aliphatic carbocycles. The van der Waals surface area contributed by atoms with E-state index in [9.17, 15) is 14.0 Å². The minimum Gasteiger partial charge on any atom is -0.466 e. The Labute approximate surface area is 177 Å². The van der Waals surface area contributed by atoms with Crippen LogP contribution < -0.4 is 0 Å². The highest BCUT2D eigenvalue weighted by Crippen LogP contribution is 2.36. The fourth-order valence-electron chi connectivity index (χ4n) is 4.44. The van der Waals surface area contributed by atoms with Crippen LogP contribution in [0.15, 0.2) is 28.7 Å². The molecule has 1 aromatic carbocycles. The van der Waals surface area contributed by atoms with Crippen LogP contribution in [0.2, 0.25) is 0 Å². The number of halogens is 1. The predicted molar refractivity (Wildman–Crippen MR) is 112 cm³/mol. The summed E-state index contributed by atoms with van der Waals surface area (Å²) in [6, 6.07) is 6.35. The molecule has 1 aliphatic rings. The van der Waals surface area contributed by atoms with Crippen LogP contribution >= 0.6 is 0 Å². The summed E-state index contributed by atoms with van der Waals surface area (Å²) in [5.41, 5.74) is 2.49. The van der Waals surface area contributed by atoms with Crippen molar-refractivity contribution < 1.29 is 23.1 Å². The molecule has 30 heavy (non-hydrogen) atoms. The van der Waals surface area contributed by atoms with Gasteiger partial charge in [-0.1, -0.05) is 12.1 Å². The Morgan fingerprint density at radius 1 is 1.13 bits per heavy atom. The lowest BCUT2D eigenvalue weighted by atomic mass is 9.78. The number of aryl methyl sites for hydroxylation is 2. The maximum atomic E-state index is 13.4. The quantitative estimate of drug-likeness (QED) is 0.628. The Morgan fingerprint density at radius 2 is 1.77 bits per heavy atom. The van der Waals surface area contributed by atoms with Gasteiger partial charge in [0.05, 0.1) is 18.6 Å². The molecular weight excluding hydrogens is 385 g/mol. The monoisotopic (exact) mass is 415 g/mol. The van der Waals surface area contributed by atoms with Gasteiger partial charge in [0, 0.05) is 18.7 Å². The lowest BCUT2D eigenvalue weighted by molar-refractivity contribution is -0.144. The van der Waals surface area contributed by atoms with Crippen molar-refractivity contribution in [3.05, 3.63) is 58.3 Å². The molecule has 0 N–H and O–H groups in total. The van der Waals surface area contributed by atoms with Gasteiger partial charge in [0.1, 0.15) is 17.3 Å². The highest BCUT2D eigenvalue weighted by molar-refractivity contribution is 5.97. The Kier molecular flexibility index (Phi) is 6.95. The maximum Gasteiger partial charge on any atom is 0.306 e. The topological polar surface area (TPSA) is 59.8 Å². The molecule has 0 spiro atoms. The van der Waals surface area contributed by atoms with Gasteiger partial charge < -0.3 is 14.1 Å².